The first-order valence-electron chi connectivity index (χ1n) is 6.97. The Balaban J connectivity index is 2.18. The molecular weight excluding hydrogens is 312 g/mol. The highest BCUT2D eigenvalue weighted by Gasteiger charge is 2.11. The van der Waals surface area contributed by atoms with Crippen molar-refractivity contribution >= 4 is 29.3 Å². The third-order valence-corrected chi connectivity index (χ3v) is 4.27. The van der Waals surface area contributed by atoms with Crippen molar-refractivity contribution in [3.8, 4) is 5.75 Å². The highest BCUT2D eigenvalue weighted by atomic mass is 32.2. The second kappa shape index (κ2) is 7.69. The molecule has 3 N–H and O–H groups in total. The standard InChI is InChI=1S/C17H18N2O3S/c1-11-7-8-12(9-14(11)22-2)17(21)19-13-5-3-4-6-15(13)23-10-16(18)20/h3-9H,10H2,1-2H3,(H2,18,20)(H,19,21). The molecule has 0 heterocycles. The van der Waals surface area contributed by atoms with Crippen LogP contribution in [0.4, 0.5) is 5.69 Å². The molecule has 0 spiro atoms. The lowest BCUT2D eigenvalue weighted by molar-refractivity contribution is -0.115. The first-order valence-corrected chi connectivity index (χ1v) is 7.96. The van der Waals surface area contributed by atoms with Crippen molar-refractivity contribution in [1.29, 1.82) is 0 Å². The number of anilines is 1. The lowest BCUT2D eigenvalue weighted by Crippen LogP contribution is -2.15. The van der Waals surface area contributed by atoms with Crippen LogP contribution >= 0.6 is 11.8 Å². The third-order valence-electron chi connectivity index (χ3n) is 3.18. The molecule has 2 aromatic rings. The van der Waals surface area contributed by atoms with E-state index in [9.17, 15) is 9.59 Å². The first-order chi connectivity index (χ1) is 11.0. The van der Waals surface area contributed by atoms with E-state index in [0.717, 1.165) is 10.5 Å². The van der Waals surface area contributed by atoms with Gasteiger partial charge in [-0.3, -0.25) is 9.59 Å². The number of carbonyl (C=O) groups is 2. The molecule has 0 fully saturated rings. The zero-order valence-electron chi connectivity index (χ0n) is 13.0. The number of benzene rings is 2. The summed E-state index contributed by atoms with van der Waals surface area (Å²) in [5, 5.41) is 2.85. The van der Waals surface area contributed by atoms with Gasteiger partial charge in [-0.25, -0.2) is 0 Å². The van der Waals surface area contributed by atoms with Crippen LogP contribution in [-0.4, -0.2) is 24.7 Å². The normalized spacial score (nSPS) is 10.2. The topological polar surface area (TPSA) is 81.4 Å². The van der Waals surface area contributed by atoms with E-state index in [1.807, 2.05) is 31.2 Å². The Morgan fingerprint density at radius 1 is 1.22 bits per heavy atom. The molecule has 2 rings (SSSR count). The number of hydrogen-bond donors (Lipinski definition) is 2. The number of para-hydroxylation sites is 1. The van der Waals surface area contributed by atoms with E-state index >= 15 is 0 Å². The fourth-order valence-electron chi connectivity index (χ4n) is 2.00. The Labute approximate surface area is 139 Å². The summed E-state index contributed by atoms with van der Waals surface area (Å²) in [5.41, 5.74) is 7.27. The van der Waals surface area contributed by atoms with Crippen molar-refractivity contribution in [2.24, 2.45) is 5.73 Å². The van der Waals surface area contributed by atoms with Crippen molar-refractivity contribution < 1.29 is 14.3 Å². The maximum Gasteiger partial charge on any atom is 0.255 e. The summed E-state index contributed by atoms with van der Waals surface area (Å²) >= 11 is 1.29. The van der Waals surface area contributed by atoms with Crippen LogP contribution in [0.2, 0.25) is 0 Å². The molecule has 0 saturated carbocycles. The molecule has 2 aromatic carbocycles. The second-order valence-corrected chi connectivity index (χ2v) is 5.91. The van der Waals surface area contributed by atoms with Gasteiger partial charge in [0.2, 0.25) is 5.91 Å². The molecule has 0 radical (unpaired) electrons. The molecular formula is C17H18N2O3S. The van der Waals surface area contributed by atoms with Crippen LogP contribution in [-0.2, 0) is 4.79 Å². The molecule has 0 bridgehead atoms. The predicted octanol–water partition coefficient (Wildman–Crippen LogP) is 2.83. The van der Waals surface area contributed by atoms with E-state index in [0.29, 0.717) is 17.0 Å². The van der Waals surface area contributed by atoms with Crippen molar-refractivity contribution in [3.05, 3.63) is 53.6 Å². The maximum atomic E-state index is 12.4. The van der Waals surface area contributed by atoms with Crippen LogP contribution in [0, 0.1) is 6.92 Å². The molecule has 5 nitrogen and oxygen atoms in total. The number of methoxy groups -OCH3 is 1. The van der Waals surface area contributed by atoms with Crippen LogP contribution in [0.15, 0.2) is 47.4 Å². The van der Waals surface area contributed by atoms with Gasteiger partial charge in [0.15, 0.2) is 0 Å². The monoisotopic (exact) mass is 330 g/mol. The van der Waals surface area contributed by atoms with Gasteiger partial charge in [-0.15, -0.1) is 11.8 Å². The Morgan fingerprint density at radius 2 is 1.96 bits per heavy atom. The van der Waals surface area contributed by atoms with E-state index in [1.165, 1.54) is 11.8 Å². The molecule has 0 aliphatic carbocycles. The Bertz CT molecular complexity index is 732. The fraction of sp³-hybridized carbons (Fsp3) is 0.176. The lowest BCUT2D eigenvalue weighted by atomic mass is 10.1. The van der Waals surface area contributed by atoms with Crippen LogP contribution in [0.3, 0.4) is 0 Å². The quantitative estimate of drug-likeness (QED) is 0.798. The van der Waals surface area contributed by atoms with Crippen LogP contribution in [0.5, 0.6) is 5.75 Å². The summed E-state index contributed by atoms with van der Waals surface area (Å²) in [4.78, 5) is 24.1. The van der Waals surface area contributed by atoms with Gasteiger partial charge >= 0.3 is 0 Å². The molecule has 0 aliphatic rings. The summed E-state index contributed by atoms with van der Waals surface area (Å²) < 4.78 is 5.24. The first kappa shape index (κ1) is 16.9. The van der Waals surface area contributed by atoms with E-state index < -0.39 is 5.91 Å². The number of amides is 2. The summed E-state index contributed by atoms with van der Waals surface area (Å²) in [6.07, 6.45) is 0. The third kappa shape index (κ3) is 4.50. The smallest absolute Gasteiger partial charge is 0.255 e. The molecule has 23 heavy (non-hydrogen) atoms. The largest absolute Gasteiger partial charge is 0.496 e. The second-order valence-electron chi connectivity index (χ2n) is 4.89. The zero-order chi connectivity index (χ0) is 16.8. The summed E-state index contributed by atoms with van der Waals surface area (Å²) in [6, 6.07) is 12.6. The summed E-state index contributed by atoms with van der Waals surface area (Å²) in [5.74, 6) is 0.175. The van der Waals surface area contributed by atoms with Gasteiger partial charge in [0.05, 0.1) is 18.6 Å². The van der Waals surface area contributed by atoms with Gasteiger partial charge in [0, 0.05) is 10.5 Å². The van der Waals surface area contributed by atoms with E-state index in [4.69, 9.17) is 10.5 Å². The van der Waals surface area contributed by atoms with E-state index in [1.54, 1.807) is 25.3 Å². The molecule has 0 atom stereocenters. The highest BCUT2D eigenvalue weighted by molar-refractivity contribution is 8.00. The number of aryl methyl sites for hydroxylation is 1. The summed E-state index contributed by atoms with van der Waals surface area (Å²) in [6.45, 7) is 1.91. The minimum atomic E-state index is -0.403. The van der Waals surface area contributed by atoms with Gasteiger partial charge in [-0.1, -0.05) is 18.2 Å². The Morgan fingerprint density at radius 3 is 2.65 bits per heavy atom. The average molecular weight is 330 g/mol. The number of nitrogens with two attached hydrogens (primary N) is 1. The van der Waals surface area contributed by atoms with Crippen molar-refractivity contribution in [2.45, 2.75) is 11.8 Å². The summed E-state index contributed by atoms with van der Waals surface area (Å²) in [7, 11) is 1.57. The SMILES string of the molecule is COc1cc(C(=O)Nc2ccccc2SCC(N)=O)ccc1C. The molecule has 0 unspecified atom stereocenters. The van der Waals surface area contributed by atoms with Crippen LogP contribution < -0.4 is 15.8 Å². The number of hydrogen-bond acceptors (Lipinski definition) is 4. The van der Waals surface area contributed by atoms with Gasteiger partial charge in [0.1, 0.15) is 5.75 Å². The van der Waals surface area contributed by atoms with Gasteiger partial charge < -0.3 is 15.8 Å². The van der Waals surface area contributed by atoms with Crippen LogP contribution in [0.25, 0.3) is 0 Å². The maximum absolute atomic E-state index is 12.4. The Kier molecular flexibility index (Phi) is 5.65. The lowest BCUT2D eigenvalue weighted by Gasteiger charge is -2.11. The highest BCUT2D eigenvalue weighted by Crippen LogP contribution is 2.27. The number of primary amides is 1. The zero-order valence-corrected chi connectivity index (χ0v) is 13.8. The van der Waals surface area contributed by atoms with Crippen molar-refractivity contribution in [3.63, 3.8) is 0 Å². The minimum Gasteiger partial charge on any atom is -0.496 e. The van der Waals surface area contributed by atoms with Gasteiger partial charge in [-0.2, -0.15) is 0 Å². The molecule has 6 heteroatoms. The molecule has 0 aromatic heterocycles. The van der Waals surface area contributed by atoms with Crippen LogP contribution in [0.1, 0.15) is 15.9 Å². The van der Waals surface area contributed by atoms with Gasteiger partial charge in [-0.05, 0) is 36.8 Å². The average Bonchev–Trinajstić information content (AvgIpc) is 2.54. The fourth-order valence-corrected chi connectivity index (χ4v) is 2.75. The predicted molar refractivity (Wildman–Crippen MR) is 92.0 cm³/mol. The number of ether oxygens (including phenoxy) is 1. The van der Waals surface area contributed by atoms with Gasteiger partial charge in [0.25, 0.3) is 5.91 Å². The number of nitrogens with one attached hydrogen (secondary N) is 1. The number of carbonyl (C=O) groups excluding carboxylic acids is 2. The molecule has 120 valence electrons. The van der Waals surface area contributed by atoms with E-state index in [-0.39, 0.29) is 11.7 Å². The molecule has 2 amide bonds. The minimum absolute atomic E-state index is 0.158. The molecule has 0 saturated heterocycles. The van der Waals surface area contributed by atoms with E-state index in [2.05, 4.69) is 5.32 Å². The van der Waals surface area contributed by atoms with Crippen molar-refractivity contribution in [2.75, 3.05) is 18.2 Å². The molecule has 0 aliphatic heterocycles. The number of thioether (sulfide) groups is 1. The van der Waals surface area contributed by atoms with Crippen molar-refractivity contribution in [1.82, 2.24) is 0 Å². The number of rotatable bonds is 6. The Hall–Kier alpha value is -2.47.